The standard InChI is InChI=1S/C19H21NO2S/c1-2-22-17-10-8-16(9-11-17)19-20(18(21)12-13-23-19)14-15-6-4-3-5-7-15/h3-11,19H,2,12-14H2,1H3. The molecule has 1 aliphatic rings. The highest BCUT2D eigenvalue weighted by Gasteiger charge is 2.29. The fourth-order valence-corrected chi connectivity index (χ4v) is 3.98. The summed E-state index contributed by atoms with van der Waals surface area (Å²) in [7, 11) is 0. The van der Waals surface area contributed by atoms with E-state index in [0.29, 0.717) is 19.6 Å². The van der Waals surface area contributed by atoms with Crippen LogP contribution in [-0.4, -0.2) is 23.2 Å². The summed E-state index contributed by atoms with van der Waals surface area (Å²) in [5.74, 6) is 1.98. The van der Waals surface area contributed by atoms with Gasteiger partial charge in [-0.1, -0.05) is 42.5 Å². The normalized spacial score (nSPS) is 18.0. The molecule has 0 spiro atoms. The molecule has 1 heterocycles. The van der Waals surface area contributed by atoms with Crippen LogP contribution in [0.15, 0.2) is 54.6 Å². The Bertz CT molecular complexity index is 642. The van der Waals surface area contributed by atoms with Crippen LogP contribution in [0.2, 0.25) is 0 Å². The summed E-state index contributed by atoms with van der Waals surface area (Å²) >= 11 is 1.83. The second kappa shape index (κ2) is 7.55. The van der Waals surface area contributed by atoms with Gasteiger partial charge in [0.05, 0.1) is 6.61 Å². The van der Waals surface area contributed by atoms with Crippen LogP contribution >= 0.6 is 11.8 Å². The Morgan fingerprint density at radius 3 is 2.57 bits per heavy atom. The lowest BCUT2D eigenvalue weighted by Gasteiger charge is -2.35. The van der Waals surface area contributed by atoms with Crippen molar-refractivity contribution in [3.63, 3.8) is 0 Å². The van der Waals surface area contributed by atoms with Crippen LogP contribution in [0.3, 0.4) is 0 Å². The highest BCUT2D eigenvalue weighted by molar-refractivity contribution is 7.99. The molecule has 3 nitrogen and oxygen atoms in total. The van der Waals surface area contributed by atoms with Gasteiger partial charge in [0, 0.05) is 18.7 Å². The zero-order valence-electron chi connectivity index (χ0n) is 13.3. The Morgan fingerprint density at radius 1 is 1.13 bits per heavy atom. The third-order valence-electron chi connectivity index (χ3n) is 3.87. The second-order valence-corrected chi connectivity index (χ2v) is 6.67. The Kier molecular flexibility index (Phi) is 5.23. The van der Waals surface area contributed by atoms with Gasteiger partial charge in [-0.3, -0.25) is 4.79 Å². The molecular formula is C19H21NO2S. The number of thioether (sulfide) groups is 1. The van der Waals surface area contributed by atoms with Crippen molar-refractivity contribution >= 4 is 17.7 Å². The number of nitrogens with zero attached hydrogens (tertiary/aromatic N) is 1. The average Bonchev–Trinajstić information content (AvgIpc) is 2.59. The van der Waals surface area contributed by atoms with Crippen molar-refractivity contribution in [2.24, 2.45) is 0 Å². The molecule has 0 aliphatic carbocycles. The van der Waals surface area contributed by atoms with E-state index in [1.807, 2.05) is 53.9 Å². The van der Waals surface area contributed by atoms with E-state index in [-0.39, 0.29) is 11.3 Å². The fourth-order valence-electron chi connectivity index (χ4n) is 2.74. The predicted octanol–water partition coefficient (Wildman–Crippen LogP) is 4.25. The molecule has 1 saturated heterocycles. The molecule has 2 aromatic carbocycles. The van der Waals surface area contributed by atoms with Gasteiger partial charge in [-0.05, 0) is 30.2 Å². The monoisotopic (exact) mass is 327 g/mol. The third kappa shape index (κ3) is 3.88. The molecule has 4 heteroatoms. The number of amides is 1. The summed E-state index contributed by atoms with van der Waals surface area (Å²) in [6, 6.07) is 18.3. The van der Waals surface area contributed by atoms with Crippen LogP contribution in [0.1, 0.15) is 29.8 Å². The number of benzene rings is 2. The van der Waals surface area contributed by atoms with E-state index in [0.717, 1.165) is 17.1 Å². The lowest BCUT2D eigenvalue weighted by Crippen LogP contribution is -2.36. The number of carbonyl (C=O) groups excluding carboxylic acids is 1. The van der Waals surface area contributed by atoms with Crippen molar-refractivity contribution in [1.29, 1.82) is 0 Å². The predicted molar refractivity (Wildman–Crippen MR) is 94.4 cm³/mol. The summed E-state index contributed by atoms with van der Waals surface area (Å²) in [5.41, 5.74) is 2.32. The fraction of sp³-hybridized carbons (Fsp3) is 0.316. The topological polar surface area (TPSA) is 29.5 Å². The lowest BCUT2D eigenvalue weighted by molar-refractivity contribution is -0.132. The zero-order valence-corrected chi connectivity index (χ0v) is 14.1. The van der Waals surface area contributed by atoms with E-state index in [1.165, 1.54) is 5.56 Å². The number of rotatable bonds is 5. The molecular weight excluding hydrogens is 306 g/mol. The Hall–Kier alpha value is -1.94. The second-order valence-electron chi connectivity index (χ2n) is 5.48. The van der Waals surface area contributed by atoms with Crippen molar-refractivity contribution < 1.29 is 9.53 Å². The largest absolute Gasteiger partial charge is 0.494 e. The van der Waals surface area contributed by atoms with E-state index in [1.54, 1.807) is 0 Å². The van der Waals surface area contributed by atoms with Crippen molar-refractivity contribution in [1.82, 2.24) is 4.90 Å². The SMILES string of the molecule is CCOc1ccc(C2SCCC(=O)N2Cc2ccccc2)cc1. The van der Waals surface area contributed by atoms with Gasteiger partial charge in [-0.2, -0.15) is 0 Å². The maximum Gasteiger partial charge on any atom is 0.224 e. The minimum Gasteiger partial charge on any atom is -0.494 e. The van der Waals surface area contributed by atoms with Gasteiger partial charge in [-0.15, -0.1) is 11.8 Å². The van der Waals surface area contributed by atoms with Crippen LogP contribution in [0.4, 0.5) is 0 Å². The molecule has 1 unspecified atom stereocenters. The first-order valence-corrected chi connectivity index (χ1v) is 9.00. The molecule has 1 aliphatic heterocycles. The molecule has 0 aromatic heterocycles. The van der Waals surface area contributed by atoms with E-state index in [2.05, 4.69) is 24.3 Å². The van der Waals surface area contributed by atoms with Gasteiger partial charge in [0.1, 0.15) is 11.1 Å². The van der Waals surface area contributed by atoms with Crippen LogP contribution in [-0.2, 0) is 11.3 Å². The zero-order chi connectivity index (χ0) is 16.1. The van der Waals surface area contributed by atoms with Crippen molar-refractivity contribution in [3.05, 3.63) is 65.7 Å². The van der Waals surface area contributed by atoms with Crippen LogP contribution in [0.25, 0.3) is 0 Å². The number of hydrogen-bond donors (Lipinski definition) is 0. The summed E-state index contributed by atoms with van der Waals surface area (Å²) < 4.78 is 5.50. The Balaban J connectivity index is 1.81. The van der Waals surface area contributed by atoms with Crippen molar-refractivity contribution in [2.75, 3.05) is 12.4 Å². The molecule has 0 bridgehead atoms. The molecule has 3 rings (SSSR count). The quantitative estimate of drug-likeness (QED) is 0.822. The molecule has 1 amide bonds. The van der Waals surface area contributed by atoms with E-state index < -0.39 is 0 Å². The summed E-state index contributed by atoms with van der Waals surface area (Å²) in [4.78, 5) is 14.4. The lowest BCUT2D eigenvalue weighted by atomic mass is 10.1. The molecule has 120 valence electrons. The molecule has 2 aromatic rings. The number of hydrogen-bond acceptors (Lipinski definition) is 3. The van der Waals surface area contributed by atoms with Gasteiger partial charge < -0.3 is 9.64 Å². The van der Waals surface area contributed by atoms with Gasteiger partial charge in [0.2, 0.25) is 5.91 Å². The van der Waals surface area contributed by atoms with Crippen LogP contribution in [0, 0.1) is 0 Å². The molecule has 1 atom stereocenters. The highest BCUT2D eigenvalue weighted by Crippen LogP contribution is 2.38. The van der Waals surface area contributed by atoms with Crippen LogP contribution in [0.5, 0.6) is 5.75 Å². The molecule has 23 heavy (non-hydrogen) atoms. The number of ether oxygens (including phenoxy) is 1. The molecule has 0 saturated carbocycles. The van der Waals surface area contributed by atoms with Gasteiger partial charge in [-0.25, -0.2) is 0 Å². The van der Waals surface area contributed by atoms with E-state index >= 15 is 0 Å². The minimum atomic E-state index is 0.0760. The Labute approximate surface area is 141 Å². The maximum absolute atomic E-state index is 12.4. The summed E-state index contributed by atoms with van der Waals surface area (Å²) in [6.45, 7) is 3.30. The first-order chi connectivity index (χ1) is 11.3. The van der Waals surface area contributed by atoms with E-state index in [4.69, 9.17) is 4.74 Å². The van der Waals surface area contributed by atoms with Crippen molar-refractivity contribution in [2.45, 2.75) is 25.3 Å². The molecule has 0 radical (unpaired) electrons. The number of carbonyl (C=O) groups is 1. The Morgan fingerprint density at radius 2 is 1.87 bits per heavy atom. The highest BCUT2D eigenvalue weighted by atomic mass is 32.2. The van der Waals surface area contributed by atoms with Gasteiger partial charge in [0.15, 0.2) is 0 Å². The summed E-state index contributed by atoms with van der Waals surface area (Å²) in [6.07, 6.45) is 0.616. The maximum atomic E-state index is 12.4. The molecule has 1 fully saturated rings. The van der Waals surface area contributed by atoms with Gasteiger partial charge >= 0.3 is 0 Å². The smallest absolute Gasteiger partial charge is 0.224 e. The van der Waals surface area contributed by atoms with Crippen molar-refractivity contribution in [3.8, 4) is 5.75 Å². The first kappa shape index (κ1) is 15.9. The average molecular weight is 327 g/mol. The first-order valence-electron chi connectivity index (χ1n) is 7.95. The third-order valence-corrected chi connectivity index (χ3v) is 5.15. The summed E-state index contributed by atoms with van der Waals surface area (Å²) in [5, 5.41) is 0.0760. The minimum absolute atomic E-state index is 0.0760. The molecule has 0 N–H and O–H groups in total. The van der Waals surface area contributed by atoms with Gasteiger partial charge in [0.25, 0.3) is 0 Å². The van der Waals surface area contributed by atoms with Crippen LogP contribution < -0.4 is 4.74 Å². The van der Waals surface area contributed by atoms with E-state index in [9.17, 15) is 4.79 Å².